The van der Waals surface area contributed by atoms with Gasteiger partial charge in [0.2, 0.25) is 11.6 Å². The fourth-order valence-electron chi connectivity index (χ4n) is 2.11. The molecule has 0 aromatic carbocycles. The topological polar surface area (TPSA) is 97.1 Å². The van der Waals surface area contributed by atoms with Crippen LogP contribution < -0.4 is 10.2 Å². The molecule has 2 aromatic heterocycles. The molecule has 0 aliphatic heterocycles. The Labute approximate surface area is 128 Å². The Bertz CT molecular complexity index is 672. The van der Waals surface area contributed by atoms with E-state index in [4.69, 9.17) is 0 Å². The molecule has 1 N–H and O–H groups in total. The Morgan fingerprint density at radius 3 is 2.59 bits per heavy atom. The van der Waals surface area contributed by atoms with Gasteiger partial charge in [-0.1, -0.05) is 0 Å². The third-order valence-electron chi connectivity index (χ3n) is 3.21. The zero-order valence-electron chi connectivity index (χ0n) is 12.8. The third kappa shape index (κ3) is 3.27. The molecule has 0 saturated carbocycles. The zero-order chi connectivity index (χ0) is 16.1. The maximum atomic E-state index is 11.5. The van der Waals surface area contributed by atoms with Crippen LogP contribution in [0.15, 0.2) is 24.7 Å². The van der Waals surface area contributed by atoms with Crippen LogP contribution in [0.1, 0.15) is 19.4 Å². The number of nitrogens with one attached hydrogen (secondary N) is 1. The van der Waals surface area contributed by atoms with E-state index < -0.39 is 4.92 Å². The predicted molar refractivity (Wildman–Crippen MR) is 84.5 cm³/mol. The van der Waals surface area contributed by atoms with Gasteiger partial charge in [0.25, 0.3) is 0 Å². The molecule has 0 fully saturated rings. The summed E-state index contributed by atoms with van der Waals surface area (Å²) >= 11 is 0. The number of aromatic nitrogens is 3. The van der Waals surface area contributed by atoms with Crippen LogP contribution in [0, 0.1) is 17.0 Å². The summed E-state index contributed by atoms with van der Waals surface area (Å²) < 4.78 is 0. The second-order valence-electron chi connectivity index (χ2n) is 4.67. The first-order valence-corrected chi connectivity index (χ1v) is 7.00. The van der Waals surface area contributed by atoms with Crippen LogP contribution in [0.5, 0.6) is 0 Å². The van der Waals surface area contributed by atoms with Crippen molar-refractivity contribution in [2.45, 2.75) is 20.8 Å². The van der Waals surface area contributed by atoms with Crippen molar-refractivity contribution in [3.05, 3.63) is 40.3 Å². The minimum Gasteiger partial charge on any atom is -0.351 e. The van der Waals surface area contributed by atoms with Crippen LogP contribution in [0.25, 0.3) is 0 Å². The number of anilines is 3. The Morgan fingerprint density at radius 1 is 1.27 bits per heavy atom. The van der Waals surface area contributed by atoms with Gasteiger partial charge in [-0.15, -0.1) is 0 Å². The van der Waals surface area contributed by atoms with E-state index in [2.05, 4.69) is 20.3 Å². The highest BCUT2D eigenvalue weighted by atomic mass is 16.6. The molecule has 0 aliphatic rings. The molecule has 0 saturated heterocycles. The van der Waals surface area contributed by atoms with Crippen molar-refractivity contribution < 1.29 is 4.92 Å². The molecule has 0 spiro atoms. The fourth-order valence-corrected chi connectivity index (χ4v) is 2.11. The van der Waals surface area contributed by atoms with Crippen LogP contribution in [0.2, 0.25) is 0 Å². The standard InChI is InChI=1S/C14H18N6O2/c1-4-19(5-2)14-12(20(21)22)13(16-9-17-14)18-11-8-10(3)6-7-15-11/h6-9H,4-5H2,1-3H3,(H,15,16,17,18). The summed E-state index contributed by atoms with van der Waals surface area (Å²) in [5, 5.41) is 14.4. The number of hydrogen-bond donors (Lipinski definition) is 1. The number of nitrogens with zero attached hydrogens (tertiary/aromatic N) is 5. The van der Waals surface area contributed by atoms with Gasteiger partial charge in [0.05, 0.1) is 4.92 Å². The summed E-state index contributed by atoms with van der Waals surface area (Å²) in [5.74, 6) is 0.951. The van der Waals surface area contributed by atoms with Crippen molar-refractivity contribution in [3.63, 3.8) is 0 Å². The van der Waals surface area contributed by atoms with E-state index >= 15 is 0 Å². The average molecular weight is 302 g/mol. The number of pyridine rings is 1. The highest BCUT2D eigenvalue weighted by Gasteiger charge is 2.26. The molecule has 0 bridgehead atoms. The lowest BCUT2D eigenvalue weighted by Crippen LogP contribution is -2.24. The molecule has 0 unspecified atom stereocenters. The van der Waals surface area contributed by atoms with E-state index in [0.717, 1.165) is 5.56 Å². The van der Waals surface area contributed by atoms with Gasteiger partial charge in [0, 0.05) is 19.3 Å². The van der Waals surface area contributed by atoms with Crippen LogP contribution in [0.3, 0.4) is 0 Å². The Kier molecular flexibility index (Phi) is 4.82. The first-order chi connectivity index (χ1) is 10.6. The molecule has 2 heterocycles. The van der Waals surface area contributed by atoms with Gasteiger partial charge < -0.3 is 10.2 Å². The molecule has 8 heteroatoms. The SMILES string of the molecule is CCN(CC)c1ncnc(Nc2cc(C)ccn2)c1[N+](=O)[O-]. The quantitative estimate of drug-likeness (QED) is 0.647. The third-order valence-corrected chi connectivity index (χ3v) is 3.21. The minimum atomic E-state index is -0.466. The van der Waals surface area contributed by atoms with E-state index in [0.29, 0.717) is 24.7 Å². The summed E-state index contributed by atoms with van der Waals surface area (Å²) in [7, 11) is 0. The Hall–Kier alpha value is -2.77. The highest BCUT2D eigenvalue weighted by molar-refractivity contribution is 5.73. The maximum Gasteiger partial charge on any atom is 0.353 e. The molecule has 0 radical (unpaired) electrons. The Morgan fingerprint density at radius 2 is 2.00 bits per heavy atom. The molecule has 8 nitrogen and oxygen atoms in total. The van der Waals surface area contributed by atoms with Crippen LogP contribution in [-0.4, -0.2) is 33.0 Å². The van der Waals surface area contributed by atoms with Gasteiger partial charge in [-0.25, -0.2) is 15.0 Å². The van der Waals surface area contributed by atoms with E-state index in [9.17, 15) is 10.1 Å². The van der Waals surface area contributed by atoms with Crippen molar-refractivity contribution in [1.82, 2.24) is 15.0 Å². The second-order valence-corrected chi connectivity index (χ2v) is 4.67. The monoisotopic (exact) mass is 302 g/mol. The van der Waals surface area contributed by atoms with Crippen LogP contribution in [-0.2, 0) is 0 Å². The normalized spacial score (nSPS) is 10.3. The van der Waals surface area contributed by atoms with Crippen molar-refractivity contribution in [1.29, 1.82) is 0 Å². The number of rotatable bonds is 6. The minimum absolute atomic E-state index is 0.139. The fraction of sp³-hybridized carbons (Fsp3) is 0.357. The van der Waals surface area contributed by atoms with E-state index in [1.165, 1.54) is 6.33 Å². The Balaban J connectivity index is 2.47. The van der Waals surface area contributed by atoms with E-state index in [-0.39, 0.29) is 11.5 Å². The number of hydrogen-bond acceptors (Lipinski definition) is 7. The number of aryl methyl sites for hydroxylation is 1. The van der Waals surface area contributed by atoms with E-state index in [1.807, 2.05) is 31.7 Å². The highest BCUT2D eigenvalue weighted by Crippen LogP contribution is 2.32. The predicted octanol–water partition coefficient (Wildman–Crippen LogP) is 2.68. The van der Waals surface area contributed by atoms with Gasteiger partial charge >= 0.3 is 5.69 Å². The summed E-state index contributed by atoms with van der Waals surface area (Å²) in [5.41, 5.74) is 0.854. The lowest BCUT2D eigenvalue weighted by molar-refractivity contribution is -0.383. The summed E-state index contributed by atoms with van der Waals surface area (Å²) in [4.78, 5) is 25.0. The van der Waals surface area contributed by atoms with Crippen LogP contribution in [0.4, 0.5) is 23.1 Å². The molecular weight excluding hydrogens is 284 g/mol. The van der Waals surface area contributed by atoms with Gasteiger partial charge in [0.1, 0.15) is 12.1 Å². The molecule has 0 aliphatic carbocycles. The summed E-state index contributed by atoms with van der Waals surface area (Å²) in [6.45, 7) is 7.00. The lowest BCUT2D eigenvalue weighted by atomic mass is 10.3. The summed E-state index contributed by atoms with van der Waals surface area (Å²) in [6.07, 6.45) is 2.95. The molecular formula is C14H18N6O2. The van der Waals surface area contributed by atoms with Gasteiger partial charge in [-0.2, -0.15) is 0 Å². The van der Waals surface area contributed by atoms with Crippen molar-refractivity contribution in [2.24, 2.45) is 0 Å². The van der Waals surface area contributed by atoms with Gasteiger partial charge in [-0.05, 0) is 38.5 Å². The van der Waals surface area contributed by atoms with Crippen molar-refractivity contribution in [2.75, 3.05) is 23.3 Å². The molecule has 2 aromatic rings. The molecule has 116 valence electrons. The zero-order valence-corrected chi connectivity index (χ0v) is 12.8. The summed E-state index contributed by atoms with van der Waals surface area (Å²) in [6, 6.07) is 3.64. The van der Waals surface area contributed by atoms with Crippen molar-refractivity contribution >= 4 is 23.1 Å². The first kappa shape index (κ1) is 15.6. The van der Waals surface area contributed by atoms with Crippen molar-refractivity contribution in [3.8, 4) is 0 Å². The average Bonchev–Trinajstić information content (AvgIpc) is 2.48. The molecule has 22 heavy (non-hydrogen) atoms. The largest absolute Gasteiger partial charge is 0.353 e. The molecule has 0 atom stereocenters. The van der Waals surface area contributed by atoms with Gasteiger partial charge in [-0.3, -0.25) is 10.1 Å². The molecule has 2 rings (SSSR count). The van der Waals surface area contributed by atoms with Crippen LogP contribution >= 0.6 is 0 Å². The number of nitro groups is 1. The van der Waals surface area contributed by atoms with Gasteiger partial charge in [0.15, 0.2) is 0 Å². The molecule has 0 amide bonds. The smallest absolute Gasteiger partial charge is 0.351 e. The lowest BCUT2D eigenvalue weighted by Gasteiger charge is -2.19. The van der Waals surface area contributed by atoms with E-state index in [1.54, 1.807) is 12.3 Å². The first-order valence-electron chi connectivity index (χ1n) is 7.00. The maximum absolute atomic E-state index is 11.5. The second kappa shape index (κ2) is 6.79.